The first-order chi connectivity index (χ1) is 15.1. The van der Waals surface area contributed by atoms with E-state index in [1.54, 1.807) is 31.3 Å². The number of benzene rings is 1. The normalized spacial score (nSPS) is 14.4. The number of carbonyl (C=O) groups is 1. The molecule has 2 aromatic heterocycles. The number of nitrogens with zero attached hydrogens (tertiary/aromatic N) is 3. The highest BCUT2D eigenvalue weighted by atomic mass is 16.5. The summed E-state index contributed by atoms with van der Waals surface area (Å²) in [5.74, 6) is 0.0147. The summed E-state index contributed by atoms with van der Waals surface area (Å²) in [5, 5.41) is 9.83. The van der Waals surface area contributed by atoms with Gasteiger partial charge in [-0.3, -0.25) is 9.20 Å². The van der Waals surface area contributed by atoms with Crippen LogP contribution in [0.2, 0.25) is 0 Å². The second kappa shape index (κ2) is 9.05. The Bertz CT molecular complexity index is 1190. The summed E-state index contributed by atoms with van der Waals surface area (Å²) in [6.07, 6.45) is 4.44. The Labute approximate surface area is 181 Å². The first kappa shape index (κ1) is 20.7. The van der Waals surface area contributed by atoms with Crippen LogP contribution < -0.4 is 10.5 Å². The number of carbonyl (C=O) groups excluding carboxylic acids is 1. The molecule has 1 aliphatic heterocycles. The molecule has 0 N–H and O–H groups in total. The van der Waals surface area contributed by atoms with Crippen molar-refractivity contribution in [3.05, 3.63) is 81.8 Å². The van der Waals surface area contributed by atoms with Crippen LogP contribution in [-0.4, -0.2) is 30.1 Å². The molecule has 3 aromatic rings. The average molecular weight is 415 g/mol. The third-order valence-corrected chi connectivity index (χ3v) is 5.91. The zero-order chi connectivity index (χ0) is 21.8. The minimum Gasteiger partial charge on any atom is -0.462 e. The summed E-state index contributed by atoms with van der Waals surface area (Å²) in [4.78, 5) is 28.0. The number of rotatable bonds is 5. The number of hydrogen-bond acceptors (Lipinski definition) is 5. The molecule has 1 fully saturated rings. The molecule has 0 spiro atoms. The fourth-order valence-corrected chi connectivity index (χ4v) is 4.42. The average Bonchev–Trinajstić information content (AvgIpc) is 2.80. The molecule has 1 aliphatic rings. The molecule has 31 heavy (non-hydrogen) atoms. The van der Waals surface area contributed by atoms with Gasteiger partial charge in [-0.05, 0) is 49.8 Å². The summed E-state index contributed by atoms with van der Waals surface area (Å²) < 4.78 is 6.67. The van der Waals surface area contributed by atoms with Gasteiger partial charge in [-0.1, -0.05) is 36.4 Å². The van der Waals surface area contributed by atoms with Gasteiger partial charge in [0, 0.05) is 19.3 Å². The van der Waals surface area contributed by atoms with Crippen LogP contribution in [0.1, 0.15) is 41.3 Å². The van der Waals surface area contributed by atoms with Crippen molar-refractivity contribution >= 4 is 17.2 Å². The van der Waals surface area contributed by atoms with E-state index in [0.29, 0.717) is 35.8 Å². The molecule has 1 aromatic carbocycles. The summed E-state index contributed by atoms with van der Waals surface area (Å²) >= 11 is 0. The van der Waals surface area contributed by atoms with E-state index in [1.165, 1.54) is 9.96 Å². The van der Waals surface area contributed by atoms with Gasteiger partial charge in [0.15, 0.2) is 0 Å². The molecule has 158 valence electrons. The lowest BCUT2D eigenvalue weighted by molar-refractivity contribution is 0.0528. The second-order valence-electron chi connectivity index (χ2n) is 7.81. The van der Waals surface area contributed by atoms with E-state index in [1.807, 2.05) is 11.0 Å². The van der Waals surface area contributed by atoms with Crippen LogP contribution in [-0.2, 0) is 11.2 Å². The quantitative estimate of drug-likeness (QED) is 0.593. The first-order valence-electron chi connectivity index (χ1n) is 10.7. The molecule has 1 saturated heterocycles. The maximum Gasteiger partial charge on any atom is 0.342 e. The lowest BCUT2D eigenvalue weighted by atomic mass is 9.89. The lowest BCUT2D eigenvalue weighted by Crippen LogP contribution is -2.38. The highest BCUT2D eigenvalue weighted by Gasteiger charge is 2.30. The number of aromatic nitrogens is 1. The molecule has 0 amide bonds. The number of nitriles is 1. The number of hydrogen-bond donors (Lipinski definition) is 0. The molecule has 0 unspecified atom stereocenters. The highest BCUT2D eigenvalue weighted by molar-refractivity contribution is 6.04. The Balaban J connectivity index is 1.72. The van der Waals surface area contributed by atoms with Crippen molar-refractivity contribution in [2.24, 2.45) is 5.92 Å². The Hall–Kier alpha value is -3.59. The standard InChI is InChI=1S/C25H25N3O3/c1-2-31-25(30)22-21-10-6-7-13-28(21)24(29)20(17-26)23(22)27-14-11-19(12-15-27)16-18-8-4-3-5-9-18/h3-10,13,19H,2,11-12,14-16H2,1H3. The predicted molar refractivity (Wildman–Crippen MR) is 119 cm³/mol. The predicted octanol–water partition coefficient (Wildman–Crippen LogP) is 3.81. The molecule has 0 aliphatic carbocycles. The van der Waals surface area contributed by atoms with Crippen LogP contribution in [0.4, 0.5) is 5.69 Å². The topological polar surface area (TPSA) is 74.8 Å². The van der Waals surface area contributed by atoms with Crippen molar-refractivity contribution in [3.63, 3.8) is 0 Å². The number of piperidine rings is 1. The first-order valence-corrected chi connectivity index (χ1v) is 10.7. The van der Waals surface area contributed by atoms with Crippen LogP contribution >= 0.6 is 0 Å². The molecule has 3 heterocycles. The van der Waals surface area contributed by atoms with Crippen LogP contribution in [0.25, 0.3) is 5.52 Å². The van der Waals surface area contributed by atoms with Crippen molar-refractivity contribution in [1.29, 1.82) is 5.26 Å². The van der Waals surface area contributed by atoms with Crippen molar-refractivity contribution < 1.29 is 9.53 Å². The van der Waals surface area contributed by atoms with Gasteiger partial charge >= 0.3 is 5.97 Å². The van der Waals surface area contributed by atoms with Crippen LogP contribution in [0.5, 0.6) is 0 Å². The fraction of sp³-hybridized carbons (Fsp3) is 0.320. The molecule has 6 nitrogen and oxygen atoms in total. The number of pyridine rings is 2. The van der Waals surface area contributed by atoms with Crippen molar-refractivity contribution in [2.45, 2.75) is 26.2 Å². The largest absolute Gasteiger partial charge is 0.462 e. The maximum absolute atomic E-state index is 13.0. The van der Waals surface area contributed by atoms with Crippen LogP contribution in [0.3, 0.4) is 0 Å². The molecule has 0 saturated carbocycles. The Morgan fingerprint density at radius 1 is 1.13 bits per heavy atom. The van der Waals surface area contributed by atoms with Crippen molar-refractivity contribution in [1.82, 2.24) is 4.40 Å². The van der Waals surface area contributed by atoms with E-state index in [4.69, 9.17) is 4.74 Å². The van der Waals surface area contributed by atoms with Crippen LogP contribution in [0.15, 0.2) is 59.5 Å². The molecular weight excluding hydrogens is 390 g/mol. The highest BCUT2D eigenvalue weighted by Crippen LogP contribution is 2.32. The second-order valence-corrected chi connectivity index (χ2v) is 7.81. The van der Waals surface area contributed by atoms with Gasteiger partial charge < -0.3 is 9.64 Å². The summed E-state index contributed by atoms with van der Waals surface area (Å²) in [6, 6.07) is 17.7. The summed E-state index contributed by atoms with van der Waals surface area (Å²) in [7, 11) is 0. The number of esters is 1. The van der Waals surface area contributed by atoms with Gasteiger partial charge in [0.2, 0.25) is 0 Å². The van der Waals surface area contributed by atoms with Gasteiger partial charge in [0.05, 0.1) is 17.8 Å². The van der Waals surface area contributed by atoms with E-state index >= 15 is 0 Å². The van der Waals surface area contributed by atoms with Gasteiger partial charge in [0.25, 0.3) is 5.56 Å². The third-order valence-electron chi connectivity index (χ3n) is 5.91. The third kappa shape index (κ3) is 4.04. The van der Waals surface area contributed by atoms with Gasteiger partial charge in [-0.25, -0.2) is 4.79 Å². The minimum absolute atomic E-state index is 0.00624. The van der Waals surface area contributed by atoms with E-state index in [9.17, 15) is 14.9 Å². The number of ether oxygens (including phenoxy) is 1. The van der Waals surface area contributed by atoms with E-state index in [0.717, 1.165) is 19.3 Å². The Morgan fingerprint density at radius 3 is 2.52 bits per heavy atom. The molecule has 4 rings (SSSR count). The van der Waals surface area contributed by atoms with E-state index in [-0.39, 0.29) is 12.2 Å². The van der Waals surface area contributed by atoms with Crippen LogP contribution in [0, 0.1) is 17.2 Å². The number of fused-ring (bicyclic) bond motifs is 1. The van der Waals surface area contributed by atoms with Gasteiger partial charge in [0.1, 0.15) is 17.2 Å². The molecule has 0 bridgehead atoms. The molecule has 6 heteroatoms. The molecular formula is C25H25N3O3. The number of anilines is 1. The maximum atomic E-state index is 13.0. The fourth-order valence-electron chi connectivity index (χ4n) is 4.42. The molecule has 0 atom stereocenters. The Kier molecular flexibility index (Phi) is 6.03. The Morgan fingerprint density at radius 2 is 1.84 bits per heavy atom. The van der Waals surface area contributed by atoms with Crippen molar-refractivity contribution in [3.8, 4) is 6.07 Å². The monoisotopic (exact) mass is 415 g/mol. The SMILES string of the molecule is CCOC(=O)c1c(N2CCC(Cc3ccccc3)CC2)c(C#N)c(=O)n2ccccc12. The summed E-state index contributed by atoms with van der Waals surface area (Å²) in [5.41, 5.74) is 2.07. The van der Waals surface area contributed by atoms with E-state index in [2.05, 4.69) is 30.3 Å². The zero-order valence-corrected chi connectivity index (χ0v) is 17.6. The van der Waals surface area contributed by atoms with Gasteiger partial charge in [-0.15, -0.1) is 0 Å². The summed E-state index contributed by atoms with van der Waals surface area (Å²) in [6.45, 7) is 3.33. The van der Waals surface area contributed by atoms with Crippen molar-refractivity contribution in [2.75, 3.05) is 24.6 Å². The molecule has 0 radical (unpaired) electrons. The lowest BCUT2D eigenvalue weighted by Gasteiger charge is -2.35. The van der Waals surface area contributed by atoms with Gasteiger partial charge in [-0.2, -0.15) is 5.26 Å². The van der Waals surface area contributed by atoms with E-state index < -0.39 is 11.5 Å². The minimum atomic E-state index is -0.510. The smallest absolute Gasteiger partial charge is 0.342 e. The zero-order valence-electron chi connectivity index (χ0n) is 17.6.